The Hall–Kier alpha value is -4.01. The fourth-order valence-corrected chi connectivity index (χ4v) is 4.01. The van der Waals surface area contributed by atoms with Crippen LogP contribution < -0.4 is 9.64 Å². The van der Waals surface area contributed by atoms with Crippen molar-refractivity contribution < 1.29 is 9.53 Å². The Bertz CT molecular complexity index is 1260. The number of amides is 1. The SMILES string of the molecule is COc1ccccc1-c1ccc2c(C(=O)N3CCN(c4ncccn4)CC3)nn(C)c2n1. The quantitative estimate of drug-likeness (QED) is 0.492. The summed E-state index contributed by atoms with van der Waals surface area (Å²) in [6.45, 7) is 2.53. The Kier molecular flexibility index (Phi) is 5.14. The van der Waals surface area contributed by atoms with E-state index in [1.807, 2.05) is 48.3 Å². The molecule has 0 atom stereocenters. The van der Waals surface area contributed by atoms with Gasteiger partial charge in [-0.05, 0) is 30.3 Å². The van der Waals surface area contributed by atoms with Gasteiger partial charge in [0.05, 0.1) is 18.2 Å². The summed E-state index contributed by atoms with van der Waals surface area (Å²) >= 11 is 0. The second-order valence-electron chi connectivity index (χ2n) is 7.57. The van der Waals surface area contributed by atoms with E-state index in [-0.39, 0.29) is 5.91 Å². The highest BCUT2D eigenvalue weighted by Gasteiger charge is 2.27. The highest BCUT2D eigenvalue weighted by Crippen LogP contribution is 2.30. The monoisotopic (exact) mass is 429 g/mol. The molecule has 4 heterocycles. The highest BCUT2D eigenvalue weighted by molar-refractivity contribution is 6.04. The van der Waals surface area contributed by atoms with Crippen molar-refractivity contribution in [3.05, 3.63) is 60.6 Å². The van der Waals surface area contributed by atoms with Gasteiger partial charge in [-0.25, -0.2) is 19.6 Å². The first-order valence-electron chi connectivity index (χ1n) is 10.4. The third kappa shape index (κ3) is 3.51. The van der Waals surface area contributed by atoms with Crippen LogP contribution in [0.4, 0.5) is 5.95 Å². The maximum atomic E-state index is 13.3. The molecule has 5 rings (SSSR count). The van der Waals surface area contributed by atoms with Crippen molar-refractivity contribution in [1.82, 2.24) is 29.6 Å². The van der Waals surface area contributed by atoms with Crippen LogP contribution >= 0.6 is 0 Å². The summed E-state index contributed by atoms with van der Waals surface area (Å²) in [6, 6.07) is 13.4. The van der Waals surface area contributed by atoms with Crippen molar-refractivity contribution in [2.75, 3.05) is 38.2 Å². The normalized spacial score (nSPS) is 14.1. The summed E-state index contributed by atoms with van der Waals surface area (Å²) in [6.07, 6.45) is 3.46. The predicted molar refractivity (Wildman–Crippen MR) is 121 cm³/mol. The van der Waals surface area contributed by atoms with E-state index in [1.165, 1.54) is 0 Å². The Morgan fingerprint density at radius 1 is 0.969 bits per heavy atom. The largest absolute Gasteiger partial charge is 0.496 e. The number of piperazine rings is 1. The second-order valence-corrected chi connectivity index (χ2v) is 7.57. The lowest BCUT2D eigenvalue weighted by atomic mass is 10.1. The van der Waals surface area contributed by atoms with Crippen LogP contribution in [0.25, 0.3) is 22.3 Å². The molecule has 0 unspecified atom stereocenters. The molecule has 4 aromatic rings. The summed E-state index contributed by atoms with van der Waals surface area (Å²) in [5.74, 6) is 1.35. The number of carbonyl (C=O) groups excluding carboxylic acids is 1. The van der Waals surface area contributed by atoms with Crippen LogP contribution in [0.5, 0.6) is 5.75 Å². The fraction of sp³-hybridized carbons (Fsp3) is 0.261. The number of nitrogens with zero attached hydrogens (tertiary/aromatic N) is 7. The maximum Gasteiger partial charge on any atom is 0.275 e. The van der Waals surface area contributed by atoms with Gasteiger partial charge in [0.2, 0.25) is 5.95 Å². The molecule has 9 nitrogen and oxygen atoms in total. The predicted octanol–water partition coefficient (Wildman–Crippen LogP) is 2.40. The third-order valence-electron chi connectivity index (χ3n) is 5.67. The first-order valence-corrected chi connectivity index (χ1v) is 10.4. The Morgan fingerprint density at radius 3 is 2.47 bits per heavy atom. The van der Waals surface area contributed by atoms with Gasteiger partial charge in [-0.15, -0.1) is 0 Å². The molecule has 162 valence electrons. The first kappa shape index (κ1) is 19.9. The molecule has 9 heteroatoms. The van der Waals surface area contributed by atoms with Crippen LogP contribution in [-0.4, -0.2) is 68.8 Å². The Morgan fingerprint density at radius 2 is 1.72 bits per heavy atom. The summed E-state index contributed by atoms with van der Waals surface area (Å²) in [4.78, 5) is 30.6. The average Bonchev–Trinajstić information content (AvgIpc) is 3.20. The van der Waals surface area contributed by atoms with Gasteiger partial charge in [-0.2, -0.15) is 5.10 Å². The van der Waals surface area contributed by atoms with Crippen molar-refractivity contribution in [2.45, 2.75) is 0 Å². The minimum atomic E-state index is -0.0870. The van der Waals surface area contributed by atoms with E-state index >= 15 is 0 Å². The summed E-state index contributed by atoms with van der Waals surface area (Å²) < 4.78 is 7.13. The lowest BCUT2D eigenvalue weighted by Crippen LogP contribution is -2.49. The molecule has 0 aliphatic carbocycles. The fourth-order valence-electron chi connectivity index (χ4n) is 4.01. The zero-order valence-corrected chi connectivity index (χ0v) is 18.0. The van der Waals surface area contributed by atoms with Crippen LogP contribution in [0, 0.1) is 0 Å². The molecule has 1 aliphatic rings. The van der Waals surface area contributed by atoms with E-state index in [0.29, 0.717) is 43.5 Å². The van der Waals surface area contributed by atoms with Crippen molar-refractivity contribution in [1.29, 1.82) is 0 Å². The number of aromatic nitrogens is 5. The van der Waals surface area contributed by atoms with Gasteiger partial charge >= 0.3 is 0 Å². The van der Waals surface area contributed by atoms with E-state index in [2.05, 4.69) is 20.0 Å². The molecule has 0 bridgehead atoms. The standard InChI is InChI=1S/C23H23N7O2/c1-28-21-17(8-9-18(26-21)16-6-3-4-7-19(16)32-2)20(27-28)22(31)29-12-14-30(15-13-29)23-24-10-5-11-25-23/h3-11H,12-15H2,1-2H3. The number of benzene rings is 1. The minimum absolute atomic E-state index is 0.0870. The van der Waals surface area contributed by atoms with Gasteiger partial charge in [-0.1, -0.05) is 12.1 Å². The van der Waals surface area contributed by atoms with Gasteiger partial charge in [0.15, 0.2) is 11.3 Å². The summed E-state index contributed by atoms with van der Waals surface area (Å²) in [5.41, 5.74) is 2.75. The Labute approximate surface area is 185 Å². The van der Waals surface area contributed by atoms with E-state index in [4.69, 9.17) is 9.72 Å². The first-order chi connectivity index (χ1) is 15.7. The van der Waals surface area contributed by atoms with Crippen LogP contribution in [0.2, 0.25) is 0 Å². The van der Waals surface area contributed by atoms with Gasteiger partial charge in [0, 0.05) is 51.2 Å². The van der Waals surface area contributed by atoms with Gasteiger partial charge in [0.25, 0.3) is 5.91 Å². The molecule has 1 amide bonds. The highest BCUT2D eigenvalue weighted by atomic mass is 16.5. The number of aryl methyl sites for hydroxylation is 1. The molecule has 0 saturated carbocycles. The number of para-hydroxylation sites is 1. The molecule has 0 N–H and O–H groups in total. The molecule has 0 spiro atoms. The van der Waals surface area contributed by atoms with Crippen molar-refractivity contribution >= 4 is 22.9 Å². The van der Waals surface area contributed by atoms with E-state index in [9.17, 15) is 4.79 Å². The zero-order chi connectivity index (χ0) is 22.1. The number of rotatable bonds is 4. The number of hydrogen-bond acceptors (Lipinski definition) is 7. The van der Waals surface area contributed by atoms with Gasteiger partial charge in [0.1, 0.15) is 5.75 Å². The van der Waals surface area contributed by atoms with Gasteiger partial charge < -0.3 is 14.5 Å². The molecule has 0 radical (unpaired) electrons. The number of hydrogen-bond donors (Lipinski definition) is 0. The van der Waals surface area contributed by atoms with Crippen LogP contribution in [0.15, 0.2) is 54.9 Å². The number of ether oxygens (including phenoxy) is 1. The number of methoxy groups -OCH3 is 1. The molecular weight excluding hydrogens is 406 g/mol. The number of carbonyl (C=O) groups is 1. The number of anilines is 1. The molecule has 1 aliphatic heterocycles. The number of fused-ring (bicyclic) bond motifs is 1. The molecule has 32 heavy (non-hydrogen) atoms. The van der Waals surface area contributed by atoms with Crippen LogP contribution in [-0.2, 0) is 7.05 Å². The maximum absolute atomic E-state index is 13.3. The Balaban J connectivity index is 1.40. The zero-order valence-electron chi connectivity index (χ0n) is 18.0. The average molecular weight is 429 g/mol. The van der Waals surface area contributed by atoms with E-state index in [0.717, 1.165) is 22.4 Å². The van der Waals surface area contributed by atoms with E-state index < -0.39 is 0 Å². The van der Waals surface area contributed by atoms with Crippen molar-refractivity contribution in [3.8, 4) is 17.0 Å². The minimum Gasteiger partial charge on any atom is -0.496 e. The second kappa shape index (κ2) is 8.26. The molecule has 1 fully saturated rings. The third-order valence-corrected chi connectivity index (χ3v) is 5.67. The lowest BCUT2D eigenvalue weighted by molar-refractivity contribution is 0.0741. The van der Waals surface area contributed by atoms with Crippen molar-refractivity contribution in [3.63, 3.8) is 0 Å². The lowest BCUT2D eigenvalue weighted by Gasteiger charge is -2.34. The van der Waals surface area contributed by atoms with Crippen LogP contribution in [0.3, 0.4) is 0 Å². The van der Waals surface area contributed by atoms with E-state index in [1.54, 1.807) is 30.3 Å². The smallest absolute Gasteiger partial charge is 0.275 e. The molecule has 3 aromatic heterocycles. The van der Waals surface area contributed by atoms with Crippen LogP contribution in [0.1, 0.15) is 10.5 Å². The summed E-state index contributed by atoms with van der Waals surface area (Å²) in [5, 5.41) is 5.25. The molecule has 1 aromatic carbocycles. The topological polar surface area (TPSA) is 89.3 Å². The molecule has 1 saturated heterocycles. The van der Waals surface area contributed by atoms with Crippen molar-refractivity contribution in [2.24, 2.45) is 7.05 Å². The van der Waals surface area contributed by atoms with Gasteiger partial charge in [-0.3, -0.25) is 4.79 Å². The summed E-state index contributed by atoms with van der Waals surface area (Å²) in [7, 11) is 3.45. The number of pyridine rings is 1. The molecular formula is C23H23N7O2.